The summed E-state index contributed by atoms with van der Waals surface area (Å²) in [6.07, 6.45) is -2.97. The van der Waals surface area contributed by atoms with Gasteiger partial charge in [0.25, 0.3) is 0 Å². The highest BCUT2D eigenvalue weighted by Gasteiger charge is 2.46. The highest BCUT2D eigenvalue weighted by molar-refractivity contribution is 5.83. The molecule has 6 nitrogen and oxygen atoms in total. The quantitative estimate of drug-likeness (QED) is 0.192. The van der Waals surface area contributed by atoms with E-state index in [2.05, 4.69) is 16.4 Å². The first-order valence-electron chi connectivity index (χ1n) is 14.4. The summed E-state index contributed by atoms with van der Waals surface area (Å²) in [5.74, 6) is -1.64. The third-order valence-corrected chi connectivity index (χ3v) is 7.00. The van der Waals surface area contributed by atoms with Crippen molar-refractivity contribution in [1.82, 2.24) is 10.6 Å². The summed E-state index contributed by atoms with van der Waals surface area (Å²) in [6, 6.07) is 9.61. The van der Waals surface area contributed by atoms with Gasteiger partial charge in [-0.2, -0.15) is 13.2 Å². The number of carboxylic acids is 1. The number of nitrogens with two attached hydrogens (primary N) is 1. The van der Waals surface area contributed by atoms with E-state index in [1.165, 1.54) is 33.0 Å². The molecule has 1 amide bonds. The monoisotopic (exact) mass is 597 g/mol. The van der Waals surface area contributed by atoms with E-state index in [1.807, 2.05) is 52.0 Å². The second kappa shape index (κ2) is 16.0. The van der Waals surface area contributed by atoms with Crippen LogP contribution in [0.5, 0.6) is 0 Å². The number of carbonyl (C=O) groups is 2. The van der Waals surface area contributed by atoms with Crippen LogP contribution in [0, 0.1) is 0 Å². The van der Waals surface area contributed by atoms with Crippen molar-refractivity contribution in [3.8, 4) is 11.1 Å². The van der Waals surface area contributed by atoms with E-state index in [0.29, 0.717) is 12.0 Å². The summed E-state index contributed by atoms with van der Waals surface area (Å²) < 4.78 is 56.9. The summed E-state index contributed by atoms with van der Waals surface area (Å²) in [6.45, 7) is 10.2. The Labute approximate surface area is 247 Å². The number of carbonyl (C=O) groups excluding carboxylic acids is 1. The Balaban J connectivity index is 0.00000211. The van der Waals surface area contributed by atoms with E-state index in [-0.39, 0.29) is 17.9 Å². The van der Waals surface area contributed by atoms with Crippen molar-refractivity contribution >= 4 is 11.9 Å². The molecule has 0 bridgehead atoms. The number of halogens is 4. The molecule has 0 spiro atoms. The van der Waals surface area contributed by atoms with Crippen LogP contribution in [0.3, 0.4) is 0 Å². The Kier molecular flexibility index (Phi) is 14.1. The van der Waals surface area contributed by atoms with Gasteiger partial charge in [-0.15, -0.1) is 0 Å². The van der Waals surface area contributed by atoms with Crippen LogP contribution in [0.25, 0.3) is 11.1 Å². The molecule has 236 valence electrons. The highest BCUT2D eigenvalue weighted by atomic mass is 19.4. The van der Waals surface area contributed by atoms with Crippen LogP contribution in [0.4, 0.5) is 17.6 Å². The van der Waals surface area contributed by atoms with Crippen molar-refractivity contribution in [3.05, 3.63) is 59.7 Å². The fraction of sp³-hybridized carbons (Fsp3) is 0.562. The van der Waals surface area contributed by atoms with E-state index < -0.39 is 47.8 Å². The van der Waals surface area contributed by atoms with E-state index in [9.17, 15) is 27.2 Å². The molecular formula is C32H47F4N3O3. The minimum atomic E-state index is -4.72. The van der Waals surface area contributed by atoms with Crippen LogP contribution < -0.4 is 16.4 Å². The second-order valence-corrected chi connectivity index (χ2v) is 11.1. The SMILES string of the molecule is CC.CCC(CC(=O)O)c1ccc(-c2ccc(C(N[C@@H](CC(C)(C)F)C(=O)NC3(C)CC3)C(F)(F)F)cc2)cc1.CN. The van der Waals surface area contributed by atoms with Crippen molar-refractivity contribution in [2.24, 2.45) is 5.73 Å². The Morgan fingerprint density at radius 1 is 0.929 bits per heavy atom. The lowest BCUT2D eigenvalue weighted by atomic mass is 9.91. The van der Waals surface area contributed by atoms with E-state index in [4.69, 9.17) is 5.11 Å². The van der Waals surface area contributed by atoms with Crippen LogP contribution >= 0.6 is 0 Å². The lowest BCUT2D eigenvalue weighted by Crippen LogP contribution is -2.53. The van der Waals surface area contributed by atoms with Crippen molar-refractivity contribution in [3.63, 3.8) is 0 Å². The summed E-state index contributed by atoms with van der Waals surface area (Å²) in [4.78, 5) is 23.9. The van der Waals surface area contributed by atoms with E-state index in [1.54, 1.807) is 12.1 Å². The molecule has 1 aliphatic rings. The number of benzene rings is 2. The molecule has 0 heterocycles. The highest BCUT2D eigenvalue weighted by Crippen LogP contribution is 2.37. The first-order chi connectivity index (χ1) is 19.6. The minimum Gasteiger partial charge on any atom is -0.481 e. The molecule has 1 fully saturated rings. The molecule has 0 aromatic heterocycles. The number of carboxylic acid groups (broad SMARTS) is 1. The average molecular weight is 598 g/mol. The van der Waals surface area contributed by atoms with E-state index >= 15 is 0 Å². The fourth-order valence-corrected chi connectivity index (χ4v) is 4.52. The maximum absolute atomic E-state index is 14.5. The largest absolute Gasteiger partial charge is 0.481 e. The molecule has 2 aromatic carbocycles. The number of alkyl halides is 4. The lowest BCUT2D eigenvalue weighted by Gasteiger charge is -2.30. The number of hydrogen-bond acceptors (Lipinski definition) is 4. The van der Waals surface area contributed by atoms with Gasteiger partial charge in [-0.25, -0.2) is 4.39 Å². The molecule has 2 aromatic rings. The predicted octanol–water partition coefficient (Wildman–Crippen LogP) is 7.29. The molecule has 10 heteroatoms. The van der Waals surface area contributed by atoms with Gasteiger partial charge >= 0.3 is 12.1 Å². The number of amides is 1. The first-order valence-corrected chi connectivity index (χ1v) is 14.4. The molecule has 5 N–H and O–H groups in total. The molecule has 1 saturated carbocycles. The van der Waals surface area contributed by atoms with Gasteiger partial charge < -0.3 is 16.2 Å². The molecule has 0 aliphatic heterocycles. The van der Waals surface area contributed by atoms with Gasteiger partial charge in [-0.3, -0.25) is 14.9 Å². The normalized spacial score (nSPS) is 16.0. The second-order valence-electron chi connectivity index (χ2n) is 11.1. The Morgan fingerprint density at radius 3 is 1.74 bits per heavy atom. The topological polar surface area (TPSA) is 104 Å². The third kappa shape index (κ3) is 11.7. The van der Waals surface area contributed by atoms with E-state index in [0.717, 1.165) is 24.0 Å². The fourth-order valence-electron chi connectivity index (χ4n) is 4.52. The number of hydrogen-bond donors (Lipinski definition) is 4. The Morgan fingerprint density at radius 2 is 1.38 bits per heavy atom. The van der Waals surface area contributed by atoms with Crippen LogP contribution in [-0.4, -0.2) is 47.5 Å². The maximum Gasteiger partial charge on any atom is 0.407 e. The Hall–Kier alpha value is -2.98. The van der Waals surface area contributed by atoms with Crippen LogP contribution in [0.15, 0.2) is 48.5 Å². The first kappa shape index (κ1) is 37.0. The maximum atomic E-state index is 14.5. The van der Waals surface area contributed by atoms with Gasteiger partial charge in [-0.1, -0.05) is 69.3 Å². The van der Waals surface area contributed by atoms with Gasteiger partial charge in [0.2, 0.25) is 5.91 Å². The summed E-state index contributed by atoms with van der Waals surface area (Å²) in [5, 5.41) is 14.2. The van der Waals surface area contributed by atoms with Crippen LogP contribution in [-0.2, 0) is 9.59 Å². The van der Waals surface area contributed by atoms with Crippen molar-refractivity contribution < 1.29 is 32.3 Å². The van der Waals surface area contributed by atoms with Gasteiger partial charge in [0.05, 0.1) is 12.5 Å². The van der Waals surface area contributed by atoms with Gasteiger partial charge in [0.15, 0.2) is 0 Å². The summed E-state index contributed by atoms with van der Waals surface area (Å²) in [5.41, 5.74) is 4.46. The number of rotatable bonds is 12. The third-order valence-electron chi connectivity index (χ3n) is 7.00. The zero-order valence-electron chi connectivity index (χ0n) is 25.7. The standard InChI is InChI=1S/C29H36F4N2O3.C2H6.CH5N/c1-5-18(16-24(36)37)19-6-8-20(9-7-19)21-10-12-22(13-11-21)25(29(31,32)33)34-23(17-27(2,3)30)26(38)35-28(4)14-15-28;2*1-2/h6-13,18,23,25,34H,5,14-17H2,1-4H3,(H,35,38)(H,36,37);1-2H3;2H2,1H3/t18?,23-,25?;;/m0../s1. The van der Waals surface area contributed by atoms with Gasteiger partial charge in [0.1, 0.15) is 11.7 Å². The van der Waals surface area contributed by atoms with Crippen molar-refractivity contribution in [2.45, 2.75) is 109 Å². The van der Waals surface area contributed by atoms with Gasteiger partial charge in [0, 0.05) is 12.0 Å². The molecule has 0 radical (unpaired) electrons. The number of aliphatic carboxylic acids is 1. The molecule has 42 heavy (non-hydrogen) atoms. The summed E-state index contributed by atoms with van der Waals surface area (Å²) >= 11 is 0. The van der Waals surface area contributed by atoms with Crippen LogP contribution in [0.1, 0.15) is 96.7 Å². The molecular weight excluding hydrogens is 550 g/mol. The molecule has 3 rings (SSSR count). The molecule has 0 saturated heterocycles. The minimum absolute atomic E-state index is 0.0220. The number of nitrogens with one attached hydrogen (secondary N) is 2. The van der Waals surface area contributed by atoms with Crippen molar-refractivity contribution in [2.75, 3.05) is 7.05 Å². The zero-order chi connectivity index (χ0) is 32.3. The average Bonchev–Trinajstić information content (AvgIpc) is 3.66. The molecule has 1 aliphatic carbocycles. The zero-order valence-corrected chi connectivity index (χ0v) is 25.7. The van der Waals surface area contributed by atoms with Crippen molar-refractivity contribution in [1.29, 1.82) is 0 Å². The summed E-state index contributed by atoms with van der Waals surface area (Å²) in [7, 11) is 1.50. The Bertz CT molecular complexity index is 1110. The van der Waals surface area contributed by atoms with Gasteiger partial charge in [-0.05, 0) is 75.3 Å². The lowest BCUT2D eigenvalue weighted by molar-refractivity contribution is -0.161. The van der Waals surface area contributed by atoms with Crippen LogP contribution in [0.2, 0.25) is 0 Å². The predicted molar refractivity (Wildman–Crippen MR) is 160 cm³/mol. The molecule has 2 unspecified atom stereocenters. The smallest absolute Gasteiger partial charge is 0.407 e. The molecule has 3 atom stereocenters.